The second-order valence-corrected chi connectivity index (χ2v) is 8.48. The van der Waals surface area contributed by atoms with Crippen molar-refractivity contribution in [3.8, 4) is 0 Å². The van der Waals surface area contributed by atoms with Gasteiger partial charge in [-0.05, 0) is 39.2 Å². The number of aryl methyl sites for hydroxylation is 1. The molecule has 0 bridgehead atoms. The Bertz CT molecular complexity index is 748. The molecule has 0 aliphatic carbocycles. The van der Waals surface area contributed by atoms with Crippen LogP contribution in [-0.4, -0.2) is 95.9 Å². The first-order chi connectivity index (χ1) is 15.0. The van der Waals surface area contributed by atoms with Crippen LogP contribution in [0.15, 0.2) is 4.99 Å². The van der Waals surface area contributed by atoms with Gasteiger partial charge in [0.15, 0.2) is 11.8 Å². The normalized spacial score (nSPS) is 21.7. The van der Waals surface area contributed by atoms with E-state index in [-0.39, 0.29) is 18.0 Å². The molecule has 3 heterocycles. The van der Waals surface area contributed by atoms with Crippen molar-refractivity contribution in [2.24, 2.45) is 4.99 Å². The molecule has 10 heteroatoms. The molecule has 2 aliphatic rings. The van der Waals surface area contributed by atoms with Crippen molar-refractivity contribution >= 4 is 11.9 Å². The van der Waals surface area contributed by atoms with Gasteiger partial charge >= 0.3 is 0 Å². The molecular formula is C21H38N8O2. The Morgan fingerprint density at radius 3 is 2.94 bits per heavy atom. The lowest BCUT2D eigenvalue weighted by Crippen LogP contribution is -2.47. The SMILES string of the molecule is CCNC(=NCCCN1CCCC1C(=O)N(C)C)NC1CCc2nc(COC)nn2C1. The van der Waals surface area contributed by atoms with Gasteiger partial charge in [-0.25, -0.2) is 9.67 Å². The number of methoxy groups -OCH3 is 1. The molecule has 1 aromatic heterocycles. The third kappa shape index (κ3) is 6.39. The molecule has 2 N–H and O–H groups in total. The standard InChI is InChI=1S/C21H38N8O2/c1-5-22-21(23-11-7-13-28-12-6-8-17(28)20(30)27(2)3)24-16-9-10-19-25-18(15-31-4)26-29(19)14-16/h16-17H,5-15H2,1-4H3,(H2,22,23,24). The molecule has 174 valence electrons. The summed E-state index contributed by atoms with van der Waals surface area (Å²) in [7, 11) is 5.33. The van der Waals surface area contributed by atoms with Crippen LogP contribution in [0.4, 0.5) is 0 Å². The molecular weight excluding hydrogens is 396 g/mol. The van der Waals surface area contributed by atoms with Gasteiger partial charge in [0.1, 0.15) is 12.4 Å². The molecule has 0 radical (unpaired) electrons. The van der Waals surface area contributed by atoms with Crippen molar-refractivity contribution in [2.45, 2.75) is 64.3 Å². The van der Waals surface area contributed by atoms with Gasteiger partial charge in [-0.15, -0.1) is 0 Å². The first-order valence-corrected chi connectivity index (χ1v) is 11.4. The highest BCUT2D eigenvalue weighted by Crippen LogP contribution is 2.19. The van der Waals surface area contributed by atoms with Gasteiger partial charge in [-0.2, -0.15) is 5.10 Å². The summed E-state index contributed by atoms with van der Waals surface area (Å²) < 4.78 is 7.12. The summed E-state index contributed by atoms with van der Waals surface area (Å²) in [5.41, 5.74) is 0. The van der Waals surface area contributed by atoms with Crippen LogP contribution in [0.1, 0.15) is 44.3 Å². The van der Waals surface area contributed by atoms with Crippen molar-refractivity contribution in [3.05, 3.63) is 11.6 Å². The van der Waals surface area contributed by atoms with Gasteiger partial charge in [0.05, 0.1) is 12.6 Å². The van der Waals surface area contributed by atoms with Crippen molar-refractivity contribution in [1.82, 2.24) is 35.2 Å². The smallest absolute Gasteiger partial charge is 0.239 e. The van der Waals surface area contributed by atoms with Gasteiger partial charge in [-0.1, -0.05) is 0 Å². The van der Waals surface area contributed by atoms with Crippen molar-refractivity contribution in [3.63, 3.8) is 0 Å². The highest BCUT2D eigenvalue weighted by atomic mass is 16.5. The van der Waals surface area contributed by atoms with Crippen LogP contribution >= 0.6 is 0 Å². The summed E-state index contributed by atoms with van der Waals surface area (Å²) in [4.78, 5) is 25.7. The molecule has 1 saturated heterocycles. The van der Waals surface area contributed by atoms with Crippen LogP contribution < -0.4 is 10.6 Å². The van der Waals surface area contributed by atoms with E-state index < -0.39 is 0 Å². The Labute approximate surface area is 185 Å². The maximum atomic E-state index is 12.3. The minimum absolute atomic E-state index is 0.0347. The third-order valence-corrected chi connectivity index (χ3v) is 5.82. The summed E-state index contributed by atoms with van der Waals surface area (Å²) in [5, 5.41) is 11.4. The number of hydrogen-bond acceptors (Lipinski definition) is 6. The molecule has 0 aromatic carbocycles. The van der Waals surface area contributed by atoms with Crippen LogP contribution in [0.5, 0.6) is 0 Å². The van der Waals surface area contributed by atoms with Crippen LogP contribution in [-0.2, 0) is 29.1 Å². The second kappa shape index (κ2) is 11.4. The van der Waals surface area contributed by atoms with Gasteiger partial charge < -0.3 is 20.3 Å². The van der Waals surface area contributed by atoms with Crippen LogP contribution in [0.3, 0.4) is 0 Å². The Kier molecular flexibility index (Phi) is 8.65. The summed E-state index contributed by atoms with van der Waals surface area (Å²) in [6.07, 6.45) is 4.88. The lowest BCUT2D eigenvalue weighted by molar-refractivity contribution is -0.133. The quantitative estimate of drug-likeness (QED) is 0.326. The van der Waals surface area contributed by atoms with Crippen LogP contribution in [0, 0.1) is 0 Å². The average molecular weight is 435 g/mol. The molecule has 2 unspecified atom stereocenters. The number of likely N-dealkylation sites (N-methyl/N-ethyl adjacent to an activating group) is 1. The maximum Gasteiger partial charge on any atom is 0.239 e. The molecule has 1 fully saturated rings. The van der Waals surface area contributed by atoms with Crippen LogP contribution in [0.25, 0.3) is 0 Å². The van der Waals surface area contributed by atoms with E-state index in [1.165, 1.54) is 0 Å². The minimum Gasteiger partial charge on any atom is -0.377 e. The Hall–Kier alpha value is -2.20. The number of likely N-dealkylation sites (tertiary alicyclic amines) is 1. The minimum atomic E-state index is 0.0347. The predicted molar refractivity (Wildman–Crippen MR) is 120 cm³/mol. The van der Waals surface area contributed by atoms with Gasteiger partial charge in [0.2, 0.25) is 5.91 Å². The zero-order chi connectivity index (χ0) is 22.2. The monoisotopic (exact) mass is 434 g/mol. The first kappa shape index (κ1) is 23.5. The molecule has 0 saturated carbocycles. The highest BCUT2D eigenvalue weighted by Gasteiger charge is 2.31. The number of aliphatic imine (C=N–C) groups is 1. The fourth-order valence-electron chi connectivity index (χ4n) is 4.32. The summed E-state index contributed by atoms with van der Waals surface area (Å²) in [6, 6.07) is 0.301. The van der Waals surface area contributed by atoms with E-state index in [0.717, 1.165) is 82.4 Å². The van der Waals surface area contributed by atoms with E-state index in [0.29, 0.717) is 6.61 Å². The number of nitrogens with zero attached hydrogens (tertiary/aromatic N) is 6. The fourth-order valence-corrected chi connectivity index (χ4v) is 4.32. The largest absolute Gasteiger partial charge is 0.377 e. The number of rotatable bonds is 9. The van der Waals surface area contributed by atoms with Crippen molar-refractivity contribution in [2.75, 3.05) is 47.4 Å². The van der Waals surface area contributed by atoms with E-state index in [1.807, 2.05) is 18.8 Å². The zero-order valence-corrected chi connectivity index (χ0v) is 19.4. The molecule has 10 nitrogen and oxygen atoms in total. The lowest BCUT2D eigenvalue weighted by Gasteiger charge is -2.26. The van der Waals surface area contributed by atoms with Gasteiger partial charge in [0, 0.05) is 53.3 Å². The van der Waals surface area contributed by atoms with E-state index in [1.54, 1.807) is 12.0 Å². The molecule has 31 heavy (non-hydrogen) atoms. The fraction of sp³-hybridized carbons (Fsp3) is 0.810. The number of amides is 1. The summed E-state index contributed by atoms with van der Waals surface area (Å²) in [5.74, 6) is 2.83. The van der Waals surface area contributed by atoms with E-state index >= 15 is 0 Å². The zero-order valence-electron chi connectivity index (χ0n) is 19.4. The molecule has 2 atom stereocenters. The molecule has 3 rings (SSSR count). The average Bonchev–Trinajstić information content (AvgIpc) is 3.37. The third-order valence-electron chi connectivity index (χ3n) is 5.82. The molecule has 1 amide bonds. The first-order valence-electron chi connectivity index (χ1n) is 11.4. The Balaban J connectivity index is 1.48. The number of ether oxygens (including phenoxy) is 1. The highest BCUT2D eigenvalue weighted by molar-refractivity contribution is 5.81. The number of aromatic nitrogens is 3. The van der Waals surface area contributed by atoms with Gasteiger partial charge in [0.25, 0.3) is 0 Å². The van der Waals surface area contributed by atoms with E-state index in [9.17, 15) is 4.79 Å². The molecule has 1 aromatic rings. The number of carbonyl (C=O) groups is 1. The lowest BCUT2D eigenvalue weighted by atomic mass is 10.1. The Morgan fingerprint density at radius 1 is 1.35 bits per heavy atom. The number of fused-ring (bicyclic) bond motifs is 1. The number of guanidine groups is 1. The second-order valence-electron chi connectivity index (χ2n) is 8.48. The van der Waals surface area contributed by atoms with E-state index in [2.05, 4.69) is 32.5 Å². The predicted octanol–water partition coefficient (Wildman–Crippen LogP) is 0.237. The summed E-state index contributed by atoms with van der Waals surface area (Å²) >= 11 is 0. The number of hydrogen-bond donors (Lipinski definition) is 2. The topological polar surface area (TPSA) is 99.9 Å². The molecule has 0 spiro atoms. The van der Waals surface area contributed by atoms with Crippen LogP contribution in [0.2, 0.25) is 0 Å². The molecule has 2 aliphatic heterocycles. The van der Waals surface area contributed by atoms with Crippen molar-refractivity contribution < 1.29 is 9.53 Å². The van der Waals surface area contributed by atoms with Gasteiger partial charge in [-0.3, -0.25) is 14.7 Å². The summed E-state index contributed by atoms with van der Waals surface area (Å²) in [6.45, 7) is 6.75. The van der Waals surface area contributed by atoms with Crippen molar-refractivity contribution in [1.29, 1.82) is 0 Å². The van der Waals surface area contributed by atoms with E-state index in [4.69, 9.17) is 9.73 Å². The Morgan fingerprint density at radius 2 is 2.19 bits per heavy atom. The maximum absolute atomic E-state index is 12.3. The number of nitrogens with one attached hydrogen (secondary N) is 2. The number of carbonyl (C=O) groups excluding carboxylic acids is 1.